The molecule has 3 aromatic rings. The molecular weight excluding hydrogens is 434 g/mol. The Morgan fingerprint density at radius 1 is 1.00 bits per heavy atom. The third kappa shape index (κ3) is 4.83. The van der Waals surface area contributed by atoms with Crippen LogP contribution in [0.25, 0.3) is 0 Å². The molecule has 9 heteroatoms. The van der Waals surface area contributed by atoms with Crippen LogP contribution >= 0.6 is 0 Å². The van der Waals surface area contributed by atoms with Crippen LogP contribution in [0.3, 0.4) is 0 Å². The number of hydrogen-bond donors (Lipinski definition) is 0. The zero-order valence-corrected chi connectivity index (χ0v) is 18.9. The van der Waals surface area contributed by atoms with Crippen molar-refractivity contribution in [1.82, 2.24) is 0 Å². The van der Waals surface area contributed by atoms with Gasteiger partial charge in [-0.05, 0) is 50.2 Å². The summed E-state index contributed by atoms with van der Waals surface area (Å²) in [4.78, 5) is 24.1. The first kappa shape index (κ1) is 23.1. The number of aryl methyl sites for hydroxylation is 2. The molecule has 0 aliphatic heterocycles. The summed E-state index contributed by atoms with van der Waals surface area (Å²) in [6, 6.07) is 14.2. The predicted molar refractivity (Wildman–Crippen MR) is 117 cm³/mol. The largest absolute Gasteiger partial charge is 0.463 e. The first-order chi connectivity index (χ1) is 15.1. The average molecular weight is 458 g/mol. The summed E-state index contributed by atoms with van der Waals surface area (Å²) in [7, 11) is -1.20. The van der Waals surface area contributed by atoms with E-state index in [1.54, 1.807) is 25.1 Å². The number of hydrogen-bond acceptors (Lipinski definition) is 7. The molecule has 32 heavy (non-hydrogen) atoms. The number of anilines is 1. The van der Waals surface area contributed by atoms with Crippen molar-refractivity contribution in [2.45, 2.75) is 25.3 Å². The number of furan rings is 1. The monoisotopic (exact) mass is 457 g/mol. The summed E-state index contributed by atoms with van der Waals surface area (Å²) in [5, 5.41) is 0. The van der Waals surface area contributed by atoms with Gasteiger partial charge in [-0.3, -0.25) is 4.31 Å². The molecule has 2 aromatic carbocycles. The van der Waals surface area contributed by atoms with E-state index in [1.165, 1.54) is 38.4 Å². The summed E-state index contributed by atoms with van der Waals surface area (Å²) in [5.41, 5.74) is 2.13. The molecule has 0 amide bonds. The number of carbonyl (C=O) groups is 2. The number of nitrogens with zero attached hydrogens (tertiary/aromatic N) is 1. The van der Waals surface area contributed by atoms with E-state index in [2.05, 4.69) is 4.74 Å². The molecule has 0 aliphatic carbocycles. The topological polar surface area (TPSA) is 103 Å². The molecule has 0 saturated heterocycles. The second kappa shape index (κ2) is 9.27. The van der Waals surface area contributed by atoms with Crippen LogP contribution in [-0.2, 0) is 26.1 Å². The van der Waals surface area contributed by atoms with E-state index in [1.807, 2.05) is 19.1 Å². The fourth-order valence-corrected chi connectivity index (χ4v) is 4.21. The quantitative estimate of drug-likeness (QED) is 0.496. The third-order valence-electron chi connectivity index (χ3n) is 4.81. The zero-order chi connectivity index (χ0) is 23.5. The molecule has 0 bridgehead atoms. The lowest BCUT2D eigenvalue weighted by Crippen LogP contribution is -2.26. The SMILES string of the molecule is COC(=O)c1oc(COC(=O)c2cccc(S(=O)(=O)N(C)c3ccc(C)cc3)c2)cc1C. The summed E-state index contributed by atoms with van der Waals surface area (Å²) in [6.07, 6.45) is 0. The lowest BCUT2D eigenvalue weighted by atomic mass is 10.2. The standard InChI is InChI=1S/C23H23NO7S/c1-15-8-10-18(11-9-15)24(3)32(27,28)20-7-5-6-17(13-20)22(25)30-14-19-12-16(2)21(31-19)23(26)29-4/h5-13H,14H2,1-4H3. The number of methoxy groups -OCH3 is 1. The molecule has 0 atom stereocenters. The molecule has 0 unspecified atom stereocenters. The van der Waals surface area contributed by atoms with E-state index in [9.17, 15) is 18.0 Å². The van der Waals surface area contributed by atoms with Gasteiger partial charge in [-0.2, -0.15) is 0 Å². The first-order valence-corrected chi connectivity index (χ1v) is 11.1. The van der Waals surface area contributed by atoms with Gasteiger partial charge in [0.15, 0.2) is 0 Å². The number of carbonyl (C=O) groups excluding carboxylic acids is 2. The highest BCUT2D eigenvalue weighted by molar-refractivity contribution is 7.92. The third-order valence-corrected chi connectivity index (χ3v) is 6.59. The van der Waals surface area contributed by atoms with Crippen LogP contribution in [0.1, 0.15) is 37.8 Å². The Morgan fingerprint density at radius 3 is 2.34 bits per heavy atom. The van der Waals surface area contributed by atoms with E-state index < -0.39 is 22.0 Å². The molecule has 0 fully saturated rings. The normalized spacial score (nSPS) is 11.1. The Balaban J connectivity index is 1.76. The molecular formula is C23H23NO7S. The van der Waals surface area contributed by atoms with Gasteiger partial charge in [0.25, 0.3) is 10.0 Å². The van der Waals surface area contributed by atoms with E-state index in [4.69, 9.17) is 9.15 Å². The number of sulfonamides is 1. The van der Waals surface area contributed by atoms with Crippen molar-refractivity contribution in [1.29, 1.82) is 0 Å². The van der Waals surface area contributed by atoms with Crippen LogP contribution in [0.15, 0.2) is 63.9 Å². The average Bonchev–Trinajstić information content (AvgIpc) is 3.17. The summed E-state index contributed by atoms with van der Waals surface area (Å²) < 4.78 is 42.4. The molecule has 168 valence electrons. The molecule has 0 N–H and O–H groups in total. The second-order valence-electron chi connectivity index (χ2n) is 7.13. The Labute approximate surface area is 186 Å². The highest BCUT2D eigenvalue weighted by atomic mass is 32.2. The van der Waals surface area contributed by atoms with Crippen LogP contribution in [0, 0.1) is 13.8 Å². The van der Waals surface area contributed by atoms with Gasteiger partial charge in [0.1, 0.15) is 12.4 Å². The summed E-state index contributed by atoms with van der Waals surface area (Å²) in [5.74, 6) is -1.06. The van der Waals surface area contributed by atoms with Crippen molar-refractivity contribution >= 4 is 27.6 Å². The van der Waals surface area contributed by atoms with Gasteiger partial charge in [-0.25, -0.2) is 18.0 Å². The van der Waals surface area contributed by atoms with Gasteiger partial charge >= 0.3 is 11.9 Å². The summed E-state index contributed by atoms with van der Waals surface area (Å²) >= 11 is 0. The fourth-order valence-electron chi connectivity index (χ4n) is 2.97. The maximum absolute atomic E-state index is 13.0. The van der Waals surface area contributed by atoms with Crippen molar-refractivity contribution in [3.63, 3.8) is 0 Å². The van der Waals surface area contributed by atoms with Gasteiger partial charge in [0, 0.05) is 12.6 Å². The maximum Gasteiger partial charge on any atom is 0.374 e. The lowest BCUT2D eigenvalue weighted by molar-refractivity contribution is 0.0438. The first-order valence-electron chi connectivity index (χ1n) is 9.64. The highest BCUT2D eigenvalue weighted by Crippen LogP contribution is 2.23. The second-order valence-corrected chi connectivity index (χ2v) is 9.10. The van der Waals surface area contributed by atoms with Crippen molar-refractivity contribution in [2.24, 2.45) is 0 Å². The molecule has 1 aromatic heterocycles. The van der Waals surface area contributed by atoms with Gasteiger partial charge in [0.05, 0.1) is 23.3 Å². The number of esters is 2. The van der Waals surface area contributed by atoms with Gasteiger partial charge < -0.3 is 13.9 Å². The zero-order valence-electron chi connectivity index (χ0n) is 18.1. The van der Waals surface area contributed by atoms with Crippen LogP contribution in [0.2, 0.25) is 0 Å². The van der Waals surface area contributed by atoms with E-state index in [0.717, 1.165) is 9.87 Å². The fraction of sp³-hybridized carbons (Fsp3) is 0.217. The summed E-state index contributed by atoms with van der Waals surface area (Å²) in [6.45, 7) is 3.35. The molecule has 1 heterocycles. The lowest BCUT2D eigenvalue weighted by Gasteiger charge is -2.20. The van der Waals surface area contributed by atoms with Gasteiger partial charge in [0.2, 0.25) is 5.76 Å². The minimum Gasteiger partial charge on any atom is -0.463 e. The van der Waals surface area contributed by atoms with Crippen molar-refractivity contribution in [3.05, 3.63) is 82.8 Å². The molecule has 0 radical (unpaired) electrons. The van der Waals surface area contributed by atoms with Crippen LogP contribution in [-0.4, -0.2) is 34.5 Å². The number of benzene rings is 2. The highest BCUT2D eigenvalue weighted by Gasteiger charge is 2.23. The van der Waals surface area contributed by atoms with E-state index in [-0.39, 0.29) is 28.6 Å². The minimum absolute atomic E-state index is 0.0331. The van der Waals surface area contributed by atoms with Gasteiger partial charge in [-0.15, -0.1) is 0 Å². The smallest absolute Gasteiger partial charge is 0.374 e. The Kier molecular flexibility index (Phi) is 6.69. The molecule has 0 aliphatic rings. The molecule has 0 saturated carbocycles. The predicted octanol–water partition coefficient (Wildman–Crippen LogP) is 3.87. The Morgan fingerprint density at radius 2 is 1.69 bits per heavy atom. The Bertz CT molecular complexity index is 1240. The molecule has 0 spiro atoms. The van der Waals surface area contributed by atoms with Crippen molar-refractivity contribution in [3.8, 4) is 0 Å². The van der Waals surface area contributed by atoms with Crippen LogP contribution in [0.4, 0.5) is 5.69 Å². The Hall–Kier alpha value is -3.59. The van der Waals surface area contributed by atoms with Crippen LogP contribution in [0.5, 0.6) is 0 Å². The van der Waals surface area contributed by atoms with Crippen molar-refractivity contribution < 1.29 is 31.9 Å². The maximum atomic E-state index is 13.0. The van der Waals surface area contributed by atoms with Crippen LogP contribution < -0.4 is 4.31 Å². The van der Waals surface area contributed by atoms with E-state index >= 15 is 0 Å². The minimum atomic E-state index is -3.89. The number of rotatable bonds is 7. The number of ether oxygens (including phenoxy) is 2. The molecule has 3 rings (SSSR count). The van der Waals surface area contributed by atoms with E-state index in [0.29, 0.717) is 11.3 Å². The van der Waals surface area contributed by atoms with Gasteiger partial charge in [-0.1, -0.05) is 23.8 Å². The van der Waals surface area contributed by atoms with Crippen molar-refractivity contribution in [2.75, 3.05) is 18.5 Å². The molecule has 8 nitrogen and oxygen atoms in total.